The molecular weight excluding hydrogens is 494 g/mol. The molecule has 2 aromatic rings. The predicted molar refractivity (Wildman–Crippen MR) is 132 cm³/mol. The fourth-order valence-corrected chi connectivity index (χ4v) is 5.84. The Kier molecular flexibility index (Phi) is 7.86. The van der Waals surface area contributed by atoms with Crippen LogP contribution in [0.25, 0.3) is 0 Å². The summed E-state index contributed by atoms with van der Waals surface area (Å²) in [4.78, 5) is 24.0. The summed E-state index contributed by atoms with van der Waals surface area (Å²) in [5, 5.41) is 3.94. The molecule has 192 valence electrons. The Morgan fingerprint density at radius 1 is 1.31 bits per heavy atom. The topological polar surface area (TPSA) is 108 Å². The van der Waals surface area contributed by atoms with Gasteiger partial charge >= 0.3 is 5.97 Å². The molecule has 0 fully saturated rings. The highest BCUT2D eigenvalue weighted by molar-refractivity contribution is 7.93. The van der Waals surface area contributed by atoms with Gasteiger partial charge in [0.05, 0.1) is 18.7 Å². The van der Waals surface area contributed by atoms with Crippen LogP contribution in [0.3, 0.4) is 0 Å². The summed E-state index contributed by atoms with van der Waals surface area (Å²) in [6.45, 7) is 10.9. The third-order valence-electron chi connectivity index (χ3n) is 5.51. The van der Waals surface area contributed by atoms with Gasteiger partial charge in [0, 0.05) is 25.1 Å². The van der Waals surface area contributed by atoms with E-state index in [4.69, 9.17) is 21.1 Å². The monoisotopic (exact) mass is 525 g/mol. The Hall–Kier alpha value is -2.59. The molecule has 3 rings (SSSR count). The number of sulfonamides is 1. The van der Waals surface area contributed by atoms with Gasteiger partial charge in [-0.05, 0) is 52.3 Å². The highest BCUT2D eigenvalue weighted by Gasteiger charge is 2.39. The second kappa shape index (κ2) is 10.2. The number of Topliss-reactive ketones (excluding diaryl/α,β-unsaturated/α-hetero) is 1. The highest BCUT2D eigenvalue weighted by atomic mass is 35.5. The molecule has 0 saturated heterocycles. The van der Waals surface area contributed by atoms with E-state index in [-0.39, 0.29) is 46.8 Å². The standard InChI is InChI=1S/C24H32ClN3O6S/c1-7-27-14-21(23(25)26-27)35(31,32)28-13-20(15(2)10-16(3)29)33-19-9-8-17(11-18(19)28)12-22(30)34-24(4,5)6/h8-9,11,14-15,20H,7,10,12-13H2,1-6H3/t15-,20-/m1/s1. The van der Waals surface area contributed by atoms with Crippen molar-refractivity contribution in [3.05, 3.63) is 35.1 Å². The van der Waals surface area contributed by atoms with Crippen molar-refractivity contribution in [1.82, 2.24) is 9.78 Å². The molecule has 0 saturated carbocycles. The zero-order chi connectivity index (χ0) is 26.1. The third kappa shape index (κ3) is 6.35. The van der Waals surface area contributed by atoms with E-state index in [9.17, 15) is 18.0 Å². The molecule has 1 aromatic carbocycles. The Morgan fingerprint density at radius 3 is 2.57 bits per heavy atom. The van der Waals surface area contributed by atoms with Crippen molar-refractivity contribution in [2.24, 2.45) is 5.92 Å². The summed E-state index contributed by atoms with van der Waals surface area (Å²) in [5.74, 6) is -0.328. The number of ketones is 1. The Balaban J connectivity index is 2.04. The maximum atomic E-state index is 13.8. The van der Waals surface area contributed by atoms with E-state index in [1.54, 1.807) is 39.0 Å². The van der Waals surface area contributed by atoms with E-state index in [0.717, 1.165) is 0 Å². The quantitative estimate of drug-likeness (QED) is 0.479. The molecule has 0 amide bonds. The molecule has 1 aliphatic heterocycles. The molecule has 2 atom stereocenters. The van der Waals surface area contributed by atoms with E-state index in [1.165, 1.54) is 22.1 Å². The molecule has 35 heavy (non-hydrogen) atoms. The molecule has 11 heteroatoms. The van der Waals surface area contributed by atoms with Crippen LogP contribution in [0.15, 0.2) is 29.3 Å². The number of aryl methyl sites for hydroxylation is 1. The molecular formula is C24H32ClN3O6S. The van der Waals surface area contributed by atoms with Crippen molar-refractivity contribution in [2.45, 2.75) is 77.5 Å². The number of fused-ring (bicyclic) bond motifs is 1. The number of hydrogen-bond donors (Lipinski definition) is 0. The summed E-state index contributed by atoms with van der Waals surface area (Å²) in [6, 6.07) is 4.95. The number of halogens is 1. The fraction of sp³-hybridized carbons (Fsp3) is 0.542. The zero-order valence-electron chi connectivity index (χ0n) is 20.9. The summed E-state index contributed by atoms with van der Waals surface area (Å²) < 4.78 is 41.8. The van der Waals surface area contributed by atoms with Crippen LogP contribution in [0.2, 0.25) is 5.15 Å². The van der Waals surface area contributed by atoms with Crippen LogP contribution < -0.4 is 9.04 Å². The van der Waals surface area contributed by atoms with Gasteiger partial charge in [-0.15, -0.1) is 0 Å². The lowest BCUT2D eigenvalue weighted by Gasteiger charge is -2.37. The molecule has 0 aliphatic carbocycles. The molecule has 9 nitrogen and oxygen atoms in total. The molecule has 0 spiro atoms. The summed E-state index contributed by atoms with van der Waals surface area (Å²) in [7, 11) is -4.13. The summed E-state index contributed by atoms with van der Waals surface area (Å²) >= 11 is 6.21. The van der Waals surface area contributed by atoms with E-state index >= 15 is 0 Å². The van der Waals surface area contributed by atoms with Crippen LogP contribution in [-0.2, 0) is 37.3 Å². The molecule has 0 N–H and O–H groups in total. The Labute approximate surface area is 211 Å². The molecule has 0 bridgehead atoms. The average Bonchev–Trinajstić information content (AvgIpc) is 3.12. The number of benzene rings is 1. The normalized spacial score (nSPS) is 16.9. The minimum atomic E-state index is -4.13. The number of ether oxygens (including phenoxy) is 2. The molecule has 0 radical (unpaired) electrons. The smallest absolute Gasteiger partial charge is 0.310 e. The van der Waals surface area contributed by atoms with E-state index in [2.05, 4.69) is 5.10 Å². The third-order valence-corrected chi connectivity index (χ3v) is 7.68. The van der Waals surface area contributed by atoms with Crippen LogP contribution in [-0.4, -0.2) is 48.2 Å². The van der Waals surface area contributed by atoms with E-state index in [1.807, 2.05) is 13.8 Å². The average molecular weight is 526 g/mol. The van der Waals surface area contributed by atoms with Gasteiger partial charge in [0.25, 0.3) is 10.0 Å². The maximum absolute atomic E-state index is 13.8. The number of carbonyl (C=O) groups excluding carboxylic acids is 2. The van der Waals surface area contributed by atoms with Gasteiger partial charge in [-0.1, -0.05) is 24.6 Å². The van der Waals surface area contributed by atoms with Crippen LogP contribution in [0.4, 0.5) is 5.69 Å². The van der Waals surface area contributed by atoms with Gasteiger partial charge in [-0.2, -0.15) is 5.10 Å². The highest BCUT2D eigenvalue weighted by Crippen LogP contribution is 2.40. The number of esters is 1. The number of carbonyl (C=O) groups is 2. The molecule has 1 aliphatic rings. The molecule has 0 unspecified atom stereocenters. The van der Waals surface area contributed by atoms with E-state index < -0.39 is 27.7 Å². The fourth-order valence-electron chi connectivity index (χ4n) is 3.92. The number of anilines is 1. The van der Waals surface area contributed by atoms with Crippen LogP contribution in [0, 0.1) is 5.92 Å². The summed E-state index contributed by atoms with van der Waals surface area (Å²) in [5.41, 5.74) is 0.227. The number of nitrogens with zero attached hydrogens (tertiary/aromatic N) is 3. The van der Waals surface area contributed by atoms with Crippen molar-refractivity contribution < 1.29 is 27.5 Å². The van der Waals surface area contributed by atoms with Crippen molar-refractivity contribution >= 4 is 39.1 Å². The first-order valence-electron chi connectivity index (χ1n) is 11.5. The van der Waals surface area contributed by atoms with Crippen molar-refractivity contribution in [3.63, 3.8) is 0 Å². The number of rotatable bonds is 8. The lowest BCUT2D eigenvalue weighted by molar-refractivity contribution is -0.153. The maximum Gasteiger partial charge on any atom is 0.310 e. The predicted octanol–water partition coefficient (Wildman–Crippen LogP) is 4.01. The van der Waals surface area contributed by atoms with Crippen LogP contribution in [0.5, 0.6) is 5.75 Å². The van der Waals surface area contributed by atoms with E-state index in [0.29, 0.717) is 17.9 Å². The molecule has 1 aromatic heterocycles. The zero-order valence-corrected chi connectivity index (χ0v) is 22.4. The Morgan fingerprint density at radius 2 is 2.00 bits per heavy atom. The van der Waals surface area contributed by atoms with Crippen molar-refractivity contribution in [3.8, 4) is 5.75 Å². The number of hydrogen-bond acceptors (Lipinski definition) is 7. The minimum Gasteiger partial charge on any atom is -0.486 e. The first-order valence-corrected chi connectivity index (χ1v) is 13.3. The lowest BCUT2D eigenvalue weighted by Crippen LogP contribution is -2.46. The molecule has 2 heterocycles. The largest absolute Gasteiger partial charge is 0.486 e. The summed E-state index contributed by atoms with van der Waals surface area (Å²) in [6.07, 6.45) is 1.06. The SMILES string of the molecule is CCn1cc(S(=O)(=O)N2C[C@H]([C@H](C)CC(C)=O)Oc3ccc(CC(=O)OC(C)(C)C)cc32)c(Cl)n1. The minimum absolute atomic E-state index is 0.0127. The number of aromatic nitrogens is 2. The first kappa shape index (κ1) is 27.0. The van der Waals surface area contributed by atoms with Gasteiger partial charge in [-0.25, -0.2) is 8.42 Å². The second-order valence-corrected chi connectivity index (χ2v) is 12.0. The van der Waals surface area contributed by atoms with Gasteiger partial charge in [0.2, 0.25) is 0 Å². The van der Waals surface area contributed by atoms with Gasteiger partial charge in [-0.3, -0.25) is 13.8 Å². The Bertz CT molecular complexity index is 1220. The first-order chi connectivity index (χ1) is 16.2. The van der Waals surface area contributed by atoms with Crippen molar-refractivity contribution in [2.75, 3.05) is 10.8 Å². The van der Waals surface area contributed by atoms with Crippen LogP contribution >= 0.6 is 11.6 Å². The van der Waals surface area contributed by atoms with Crippen molar-refractivity contribution in [1.29, 1.82) is 0 Å². The van der Waals surface area contributed by atoms with Gasteiger partial charge < -0.3 is 14.3 Å². The van der Waals surface area contributed by atoms with Gasteiger partial charge in [0.15, 0.2) is 5.15 Å². The van der Waals surface area contributed by atoms with Gasteiger partial charge in [0.1, 0.15) is 28.1 Å². The second-order valence-electron chi connectivity index (χ2n) is 9.78. The van der Waals surface area contributed by atoms with Crippen LogP contribution in [0.1, 0.15) is 53.5 Å². The lowest BCUT2D eigenvalue weighted by atomic mass is 9.97.